The fourth-order valence-corrected chi connectivity index (χ4v) is 1.07. The van der Waals surface area contributed by atoms with Crippen LogP contribution in [0.1, 0.15) is 6.92 Å². The van der Waals surface area contributed by atoms with Crippen LogP contribution >= 0.6 is 0 Å². The van der Waals surface area contributed by atoms with E-state index in [4.69, 9.17) is 15.2 Å². The van der Waals surface area contributed by atoms with E-state index in [0.29, 0.717) is 0 Å². The van der Waals surface area contributed by atoms with Gasteiger partial charge in [0.15, 0.2) is 5.57 Å². The van der Waals surface area contributed by atoms with E-state index in [1.165, 1.54) is 14.0 Å². The molecule has 6 nitrogen and oxygen atoms in total. The molecule has 14 heavy (non-hydrogen) atoms. The Morgan fingerprint density at radius 3 is 2.43 bits per heavy atom. The van der Waals surface area contributed by atoms with Gasteiger partial charge < -0.3 is 19.9 Å². The summed E-state index contributed by atoms with van der Waals surface area (Å²) in [6, 6.07) is 0. The third-order valence-corrected chi connectivity index (χ3v) is 2.03. The van der Waals surface area contributed by atoms with E-state index in [2.05, 4.69) is 4.74 Å². The number of hydrogen-bond acceptors (Lipinski definition) is 6. The van der Waals surface area contributed by atoms with Crippen molar-refractivity contribution in [1.82, 2.24) is 0 Å². The Balaban J connectivity index is 3.14. The standard InChI is InChI=1S/C8H11NO5/c1-8(13-3)5(9)4(6(10)12-2)7(11)14-8/h9H2,1-3H3. The first kappa shape index (κ1) is 10.5. The quantitative estimate of drug-likeness (QED) is 0.469. The number of methoxy groups -OCH3 is 2. The van der Waals surface area contributed by atoms with Crippen molar-refractivity contribution >= 4 is 11.9 Å². The molecule has 2 N–H and O–H groups in total. The van der Waals surface area contributed by atoms with Crippen molar-refractivity contribution in [1.29, 1.82) is 0 Å². The predicted molar refractivity (Wildman–Crippen MR) is 44.7 cm³/mol. The van der Waals surface area contributed by atoms with Crippen LogP contribution in [0.4, 0.5) is 0 Å². The molecular weight excluding hydrogens is 190 g/mol. The Morgan fingerprint density at radius 2 is 2.07 bits per heavy atom. The Kier molecular flexibility index (Phi) is 2.48. The first-order valence-corrected chi connectivity index (χ1v) is 3.83. The van der Waals surface area contributed by atoms with Crippen LogP contribution in [0.3, 0.4) is 0 Å². The van der Waals surface area contributed by atoms with Gasteiger partial charge in [0.25, 0.3) is 5.79 Å². The van der Waals surface area contributed by atoms with Gasteiger partial charge in [0.1, 0.15) is 5.70 Å². The lowest BCUT2D eigenvalue weighted by Crippen LogP contribution is -2.33. The van der Waals surface area contributed by atoms with Crippen molar-refractivity contribution in [3.8, 4) is 0 Å². The van der Waals surface area contributed by atoms with Crippen molar-refractivity contribution < 1.29 is 23.8 Å². The van der Waals surface area contributed by atoms with Crippen molar-refractivity contribution in [2.24, 2.45) is 5.73 Å². The van der Waals surface area contributed by atoms with Crippen molar-refractivity contribution in [3.63, 3.8) is 0 Å². The van der Waals surface area contributed by atoms with Gasteiger partial charge in [-0.15, -0.1) is 0 Å². The third kappa shape index (κ3) is 1.33. The second-order valence-electron chi connectivity index (χ2n) is 2.82. The summed E-state index contributed by atoms with van der Waals surface area (Å²) in [5.74, 6) is -3.03. The van der Waals surface area contributed by atoms with E-state index in [9.17, 15) is 9.59 Å². The van der Waals surface area contributed by atoms with Gasteiger partial charge >= 0.3 is 11.9 Å². The lowest BCUT2D eigenvalue weighted by Gasteiger charge is -2.21. The molecule has 0 amide bonds. The second-order valence-corrected chi connectivity index (χ2v) is 2.82. The Labute approximate surface area is 80.6 Å². The molecule has 0 saturated carbocycles. The monoisotopic (exact) mass is 201 g/mol. The molecule has 0 aromatic rings. The summed E-state index contributed by atoms with van der Waals surface area (Å²) < 4.78 is 14.0. The average molecular weight is 201 g/mol. The average Bonchev–Trinajstić information content (AvgIpc) is 2.38. The van der Waals surface area contributed by atoms with Crippen LogP contribution in [0.5, 0.6) is 0 Å². The fourth-order valence-electron chi connectivity index (χ4n) is 1.07. The first-order chi connectivity index (χ1) is 6.46. The number of nitrogens with two attached hydrogens (primary N) is 1. The number of esters is 2. The summed E-state index contributed by atoms with van der Waals surface area (Å²) in [4.78, 5) is 22.3. The van der Waals surface area contributed by atoms with E-state index in [0.717, 1.165) is 7.11 Å². The van der Waals surface area contributed by atoms with Gasteiger partial charge in [0.2, 0.25) is 0 Å². The van der Waals surface area contributed by atoms with Crippen molar-refractivity contribution in [2.75, 3.05) is 14.2 Å². The van der Waals surface area contributed by atoms with Crippen LogP contribution in [-0.2, 0) is 23.8 Å². The number of carbonyl (C=O) groups excluding carboxylic acids is 2. The SMILES string of the molecule is COC(=O)C1=C(N)C(C)(OC)OC1=O. The van der Waals surface area contributed by atoms with Gasteiger partial charge in [-0.2, -0.15) is 0 Å². The first-order valence-electron chi connectivity index (χ1n) is 3.83. The van der Waals surface area contributed by atoms with Crippen LogP contribution in [0.25, 0.3) is 0 Å². The molecule has 0 saturated heterocycles. The molecule has 0 fully saturated rings. The molecule has 1 unspecified atom stereocenters. The zero-order valence-electron chi connectivity index (χ0n) is 8.12. The normalized spacial score (nSPS) is 26.4. The highest BCUT2D eigenvalue weighted by molar-refractivity contribution is 6.16. The largest absolute Gasteiger partial charge is 0.465 e. The second kappa shape index (κ2) is 3.30. The van der Waals surface area contributed by atoms with E-state index < -0.39 is 17.7 Å². The maximum Gasteiger partial charge on any atom is 0.350 e. The molecule has 1 aliphatic rings. The molecule has 1 heterocycles. The summed E-state index contributed by atoms with van der Waals surface area (Å²) in [6.45, 7) is 1.44. The van der Waals surface area contributed by atoms with Gasteiger partial charge in [-0.3, -0.25) is 0 Å². The summed E-state index contributed by atoms with van der Waals surface area (Å²) in [6.07, 6.45) is 0. The molecule has 0 spiro atoms. The van der Waals surface area contributed by atoms with E-state index >= 15 is 0 Å². The molecular formula is C8H11NO5. The highest BCUT2D eigenvalue weighted by Crippen LogP contribution is 2.30. The van der Waals surface area contributed by atoms with Gasteiger partial charge in [-0.1, -0.05) is 0 Å². The van der Waals surface area contributed by atoms with E-state index in [1.54, 1.807) is 0 Å². The molecule has 0 bridgehead atoms. The molecule has 0 aromatic carbocycles. The minimum Gasteiger partial charge on any atom is -0.465 e. The maximum atomic E-state index is 11.2. The molecule has 1 rings (SSSR count). The lowest BCUT2D eigenvalue weighted by atomic mass is 10.1. The number of ether oxygens (including phenoxy) is 3. The molecule has 0 aliphatic carbocycles. The maximum absolute atomic E-state index is 11.2. The summed E-state index contributed by atoms with van der Waals surface area (Å²) in [5, 5.41) is 0. The summed E-state index contributed by atoms with van der Waals surface area (Å²) >= 11 is 0. The molecule has 6 heteroatoms. The number of carbonyl (C=O) groups is 2. The van der Waals surface area contributed by atoms with Gasteiger partial charge in [-0.25, -0.2) is 9.59 Å². The molecule has 78 valence electrons. The summed E-state index contributed by atoms with van der Waals surface area (Å²) in [5.41, 5.74) is 5.16. The Hall–Kier alpha value is -1.56. The Morgan fingerprint density at radius 1 is 1.50 bits per heavy atom. The summed E-state index contributed by atoms with van der Waals surface area (Å²) in [7, 11) is 2.47. The minimum atomic E-state index is -1.37. The predicted octanol–water partition coefficient (Wildman–Crippen LogP) is -0.708. The van der Waals surface area contributed by atoms with Gasteiger partial charge in [0.05, 0.1) is 7.11 Å². The Bertz CT molecular complexity index is 322. The van der Waals surface area contributed by atoms with Gasteiger partial charge in [-0.05, 0) is 0 Å². The van der Waals surface area contributed by atoms with Crippen LogP contribution in [0, 0.1) is 0 Å². The van der Waals surface area contributed by atoms with Gasteiger partial charge in [0, 0.05) is 14.0 Å². The minimum absolute atomic E-state index is 0.0724. The highest BCUT2D eigenvalue weighted by atomic mass is 16.7. The third-order valence-electron chi connectivity index (χ3n) is 2.03. The van der Waals surface area contributed by atoms with E-state index in [-0.39, 0.29) is 11.3 Å². The van der Waals surface area contributed by atoms with Crippen LogP contribution in [0.2, 0.25) is 0 Å². The molecule has 1 atom stereocenters. The fraction of sp³-hybridized carbons (Fsp3) is 0.500. The zero-order valence-corrected chi connectivity index (χ0v) is 8.12. The highest BCUT2D eigenvalue weighted by Gasteiger charge is 2.46. The molecule has 0 radical (unpaired) electrons. The van der Waals surface area contributed by atoms with E-state index in [1.807, 2.05) is 0 Å². The lowest BCUT2D eigenvalue weighted by molar-refractivity contribution is -0.185. The molecule has 1 aliphatic heterocycles. The number of hydrogen-bond donors (Lipinski definition) is 1. The van der Waals surface area contributed by atoms with Crippen molar-refractivity contribution in [3.05, 3.63) is 11.3 Å². The topological polar surface area (TPSA) is 87.8 Å². The van der Waals surface area contributed by atoms with Crippen LogP contribution < -0.4 is 5.73 Å². The molecule has 0 aromatic heterocycles. The number of rotatable bonds is 2. The van der Waals surface area contributed by atoms with Crippen LogP contribution in [0.15, 0.2) is 11.3 Å². The smallest absolute Gasteiger partial charge is 0.350 e. The van der Waals surface area contributed by atoms with Crippen LogP contribution in [-0.4, -0.2) is 31.9 Å². The number of cyclic esters (lactones) is 1. The zero-order chi connectivity index (χ0) is 10.9. The van der Waals surface area contributed by atoms with Crippen molar-refractivity contribution in [2.45, 2.75) is 12.7 Å².